The van der Waals surface area contributed by atoms with Crippen molar-refractivity contribution >= 4 is 5.69 Å². The van der Waals surface area contributed by atoms with Gasteiger partial charge in [-0.1, -0.05) is 0 Å². The maximum Gasteiger partial charge on any atom is 0.416 e. The number of nitrogens with two attached hydrogens (primary N) is 2. The standard InChI is InChI=1S/C12H14F3N3/c1-2-3-4-11(18-17)9-7-8(12(13,14)15)5-6-10(9)16/h1,5-7,11,18H,3-4,16-17H2. The molecule has 0 aliphatic heterocycles. The van der Waals surface area contributed by atoms with Crippen LogP contribution in [0.5, 0.6) is 0 Å². The van der Waals surface area contributed by atoms with Gasteiger partial charge >= 0.3 is 6.18 Å². The minimum Gasteiger partial charge on any atom is -0.398 e. The zero-order valence-corrected chi connectivity index (χ0v) is 9.59. The maximum atomic E-state index is 12.6. The Kier molecular flexibility index (Phi) is 4.59. The minimum absolute atomic E-state index is 0.253. The lowest BCUT2D eigenvalue weighted by molar-refractivity contribution is -0.137. The Bertz CT molecular complexity index is 449. The van der Waals surface area contributed by atoms with E-state index in [1.165, 1.54) is 6.07 Å². The molecule has 0 saturated heterocycles. The number of rotatable bonds is 4. The number of hydrogen-bond acceptors (Lipinski definition) is 3. The summed E-state index contributed by atoms with van der Waals surface area (Å²) < 4.78 is 37.8. The molecule has 1 rings (SSSR count). The van der Waals surface area contributed by atoms with E-state index in [1.807, 2.05) is 0 Å². The highest BCUT2D eigenvalue weighted by atomic mass is 19.4. The fourth-order valence-electron chi connectivity index (χ4n) is 1.61. The quantitative estimate of drug-likeness (QED) is 0.335. The van der Waals surface area contributed by atoms with E-state index >= 15 is 0 Å². The molecule has 0 bridgehead atoms. The lowest BCUT2D eigenvalue weighted by Crippen LogP contribution is -2.28. The van der Waals surface area contributed by atoms with Crippen LogP contribution in [0.4, 0.5) is 18.9 Å². The van der Waals surface area contributed by atoms with E-state index in [-0.39, 0.29) is 5.69 Å². The molecule has 0 aromatic heterocycles. The number of nitrogens with one attached hydrogen (secondary N) is 1. The predicted molar refractivity (Wildman–Crippen MR) is 64.0 cm³/mol. The van der Waals surface area contributed by atoms with Gasteiger partial charge in [-0.15, -0.1) is 12.3 Å². The third-order valence-corrected chi connectivity index (χ3v) is 2.57. The molecular formula is C12H14F3N3. The van der Waals surface area contributed by atoms with E-state index in [0.717, 1.165) is 12.1 Å². The molecule has 3 nitrogen and oxygen atoms in total. The van der Waals surface area contributed by atoms with Gasteiger partial charge in [0.25, 0.3) is 0 Å². The number of hydrogen-bond donors (Lipinski definition) is 3. The first-order valence-electron chi connectivity index (χ1n) is 5.26. The maximum absolute atomic E-state index is 12.6. The van der Waals surface area contributed by atoms with Gasteiger partial charge in [0.15, 0.2) is 0 Å². The van der Waals surface area contributed by atoms with Crippen LogP contribution in [0.2, 0.25) is 0 Å². The monoisotopic (exact) mass is 257 g/mol. The van der Waals surface area contributed by atoms with E-state index < -0.39 is 17.8 Å². The summed E-state index contributed by atoms with van der Waals surface area (Å²) >= 11 is 0. The number of anilines is 1. The molecule has 0 spiro atoms. The SMILES string of the molecule is C#CCCC(NN)c1cc(C(F)(F)F)ccc1N. The highest BCUT2D eigenvalue weighted by Crippen LogP contribution is 2.33. The van der Waals surface area contributed by atoms with E-state index in [4.69, 9.17) is 18.0 Å². The van der Waals surface area contributed by atoms with Gasteiger partial charge < -0.3 is 5.73 Å². The van der Waals surface area contributed by atoms with Crippen molar-refractivity contribution in [1.29, 1.82) is 0 Å². The summed E-state index contributed by atoms with van der Waals surface area (Å²) in [6, 6.07) is 2.66. The molecule has 98 valence electrons. The summed E-state index contributed by atoms with van der Waals surface area (Å²) in [6.45, 7) is 0. The van der Waals surface area contributed by atoms with Crippen LogP contribution in [0.15, 0.2) is 18.2 Å². The average Bonchev–Trinajstić information content (AvgIpc) is 2.30. The highest BCUT2D eigenvalue weighted by Gasteiger charge is 2.31. The molecule has 1 atom stereocenters. The molecule has 6 heteroatoms. The van der Waals surface area contributed by atoms with Crippen LogP contribution >= 0.6 is 0 Å². The summed E-state index contributed by atoms with van der Waals surface area (Å²) in [5.74, 6) is 7.73. The summed E-state index contributed by atoms with van der Waals surface area (Å²) in [7, 11) is 0. The van der Waals surface area contributed by atoms with Crippen molar-refractivity contribution in [2.24, 2.45) is 5.84 Å². The average molecular weight is 257 g/mol. The van der Waals surface area contributed by atoms with E-state index in [9.17, 15) is 13.2 Å². The molecule has 18 heavy (non-hydrogen) atoms. The van der Waals surface area contributed by atoms with Crippen LogP contribution in [0.3, 0.4) is 0 Å². The van der Waals surface area contributed by atoms with Crippen molar-refractivity contribution in [3.8, 4) is 12.3 Å². The third kappa shape index (κ3) is 3.39. The van der Waals surface area contributed by atoms with Gasteiger partial charge in [-0.3, -0.25) is 11.3 Å². The lowest BCUT2D eigenvalue weighted by atomic mass is 9.98. The first kappa shape index (κ1) is 14.4. The Balaban J connectivity index is 3.10. The lowest BCUT2D eigenvalue weighted by Gasteiger charge is -2.19. The second kappa shape index (κ2) is 5.76. The Morgan fingerprint density at radius 1 is 1.39 bits per heavy atom. The fourth-order valence-corrected chi connectivity index (χ4v) is 1.61. The second-order valence-corrected chi connectivity index (χ2v) is 3.80. The van der Waals surface area contributed by atoms with Gasteiger partial charge in [0, 0.05) is 18.2 Å². The van der Waals surface area contributed by atoms with Crippen molar-refractivity contribution in [2.75, 3.05) is 5.73 Å². The molecule has 1 aromatic rings. The van der Waals surface area contributed by atoms with Crippen LogP contribution in [0.1, 0.15) is 30.0 Å². The molecule has 0 aliphatic rings. The molecular weight excluding hydrogens is 243 g/mol. The summed E-state index contributed by atoms with van der Waals surface area (Å²) in [4.78, 5) is 0. The molecule has 0 amide bonds. The van der Waals surface area contributed by atoms with Crippen molar-refractivity contribution in [1.82, 2.24) is 5.43 Å². The topological polar surface area (TPSA) is 64.1 Å². The predicted octanol–water partition coefficient (Wildman–Crippen LogP) is 2.21. The van der Waals surface area contributed by atoms with Crippen LogP contribution in [-0.4, -0.2) is 0 Å². The second-order valence-electron chi connectivity index (χ2n) is 3.80. The fraction of sp³-hybridized carbons (Fsp3) is 0.333. The Labute approximate surface area is 103 Å². The van der Waals surface area contributed by atoms with E-state index in [2.05, 4.69) is 11.3 Å². The van der Waals surface area contributed by atoms with Crippen molar-refractivity contribution in [3.63, 3.8) is 0 Å². The van der Waals surface area contributed by atoms with Crippen LogP contribution in [0, 0.1) is 12.3 Å². The normalized spacial score (nSPS) is 13.1. The van der Waals surface area contributed by atoms with Gasteiger partial charge in [-0.05, 0) is 30.2 Å². The zero-order chi connectivity index (χ0) is 13.8. The van der Waals surface area contributed by atoms with Gasteiger partial charge in [-0.25, -0.2) is 0 Å². The van der Waals surface area contributed by atoms with Crippen LogP contribution in [0.25, 0.3) is 0 Å². The summed E-state index contributed by atoms with van der Waals surface area (Å²) in [6.07, 6.45) is 1.52. The summed E-state index contributed by atoms with van der Waals surface area (Å²) in [5.41, 5.74) is 7.90. The van der Waals surface area contributed by atoms with Crippen LogP contribution in [-0.2, 0) is 6.18 Å². The highest BCUT2D eigenvalue weighted by molar-refractivity contribution is 5.50. The molecule has 1 aromatic carbocycles. The van der Waals surface area contributed by atoms with Gasteiger partial charge in [-0.2, -0.15) is 13.2 Å². The third-order valence-electron chi connectivity index (χ3n) is 2.57. The molecule has 5 N–H and O–H groups in total. The Morgan fingerprint density at radius 2 is 2.06 bits per heavy atom. The largest absolute Gasteiger partial charge is 0.416 e. The number of benzene rings is 1. The summed E-state index contributed by atoms with van der Waals surface area (Å²) in [5, 5.41) is 0. The van der Waals surface area contributed by atoms with Gasteiger partial charge in [0.1, 0.15) is 0 Å². The van der Waals surface area contributed by atoms with E-state index in [0.29, 0.717) is 18.4 Å². The number of alkyl halides is 3. The Hall–Kier alpha value is -1.71. The smallest absolute Gasteiger partial charge is 0.398 e. The number of hydrazine groups is 1. The minimum atomic E-state index is -4.41. The molecule has 1 unspecified atom stereocenters. The molecule has 0 fully saturated rings. The van der Waals surface area contributed by atoms with Crippen molar-refractivity contribution < 1.29 is 13.2 Å². The zero-order valence-electron chi connectivity index (χ0n) is 9.59. The van der Waals surface area contributed by atoms with Crippen molar-refractivity contribution in [2.45, 2.75) is 25.1 Å². The number of nitrogen functional groups attached to an aromatic ring is 1. The van der Waals surface area contributed by atoms with Crippen molar-refractivity contribution in [3.05, 3.63) is 29.3 Å². The van der Waals surface area contributed by atoms with E-state index in [1.54, 1.807) is 0 Å². The number of halogens is 3. The molecule has 0 heterocycles. The number of terminal acetylenes is 1. The molecule has 0 radical (unpaired) electrons. The first-order valence-corrected chi connectivity index (χ1v) is 5.26. The molecule has 0 aliphatic carbocycles. The van der Waals surface area contributed by atoms with Gasteiger partial charge in [0.2, 0.25) is 0 Å². The van der Waals surface area contributed by atoms with Crippen LogP contribution < -0.4 is 17.0 Å². The Morgan fingerprint density at radius 3 is 2.56 bits per heavy atom. The molecule has 0 saturated carbocycles. The van der Waals surface area contributed by atoms with Gasteiger partial charge in [0.05, 0.1) is 5.56 Å². The first-order chi connectivity index (χ1) is 8.40.